The van der Waals surface area contributed by atoms with Crippen molar-refractivity contribution in [3.63, 3.8) is 0 Å². The Balaban J connectivity index is 1.59. The number of benzene rings is 1. The van der Waals surface area contributed by atoms with Gasteiger partial charge >= 0.3 is 0 Å². The van der Waals surface area contributed by atoms with E-state index in [9.17, 15) is 9.59 Å². The van der Waals surface area contributed by atoms with Crippen LogP contribution >= 0.6 is 11.6 Å². The van der Waals surface area contributed by atoms with E-state index >= 15 is 0 Å². The first-order valence-electron chi connectivity index (χ1n) is 7.76. The van der Waals surface area contributed by atoms with Gasteiger partial charge in [0.1, 0.15) is 0 Å². The summed E-state index contributed by atoms with van der Waals surface area (Å²) in [6.45, 7) is 4.93. The van der Waals surface area contributed by atoms with Crippen LogP contribution in [-0.2, 0) is 9.53 Å². The average Bonchev–Trinajstić information content (AvgIpc) is 2.58. The minimum absolute atomic E-state index is 0.0540. The van der Waals surface area contributed by atoms with Crippen LogP contribution in [0, 0.1) is 0 Å². The molecule has 0 saturated carbocycles. The number of carbonyl (C=O) groups excluding carboxylic acids is 2. The van der Waals surface area contributed by atoms with Crippen LogP contribution < -0.4 is 10.6 Å². The predicted octanol–water partition coefficient (Wildman–Crippen LogP) is 0.908. The van der Waals surface area contributed by atoms with Gasteiger partial charge in [0.25, 0.3) is 5.91 Å². The second-order valence-electron chi connectivity index (χ2n) is 5.32. The lowest BCUT2D eigenvalue weighted by Gasteiger charge is -2.26. The number of carbonyl (C=O) groups is 2. The van der Waals surface area contributed by atoms with Crippen LogP contribution in [-0.4, -0.2) is 62.7 Å². The van der Waals surface area contributed by atoms with Gasteiger partial charge in [-0.2, -0.15) is 0 Å². The maximum Gasteiger partial charge on any atom is 0.253 e. The van der Waals surface area contributed by atoms with Crippen molar-refractivity contribution in [2.24, 2.45) is 0 Å². The van der Waals surface area contributed by atoms with Crippen molar-refractivity contribution in [2.75, 3.05) is 45.9 Å². The molecule has 1 heterocycles. The monoisotopic (exact) mass is 339 g/mol. The smallest absolute Gasteiger partial charge is 0.253 e. The van der Waals surface area contributed by atoms with Crippen molar-refractivity contribution in [1.82, 2.24) is 15.5 Å². The molecule has 0 bridgehead atoms. The highest BCUT2D eigenvalue weighted by Gasteiger charge is 2.11. The molecule has 6 nitrogen and oxygen atoms in total. The van der Waals surface area contributed by atoms with E-state index in [0.717, 1.165) is 39.3 Å². The molecule has 0 atom stereocenters. The summed E-state index contributed by atoms with van der Waals surface area (Å²) in [6.07, 6.45) is 0.879. The van der Waals surface area contributed by atoms with Crippen molar-refractivity contribution < 1.29 is 14.3 Å². The lowest BCUT2D eigenvalue weighted by molar-refractivity contribution is -0.120. The van der Waals surface area contributed by atoms with Crippen LogP contribution in [0.5, 0.6) is 0 Å². The number of rotatable bonds is 7. The topological polar surface area (TPSA) is 70.7 Å². The quantitative estimate of drug-likeness (QED) is 0.724. The Kier molecular flexibility index (Phi) is 7.32. The summed E-state index contributed by atoms with van der Waals surface area (Å²) in [5.74, 6) is -0.550. The predicted molar refractivity (Wildman–Crippen MR) is 88.7 cm³/mol. The Morgan fingerprint density at radius 1 is 1.17 bits per heavy atom. The summed E-state index contributed by atoms with van der Waals surface area (Å²) < 4.78 is 5.28. The van der Waals surface area contributed by atoms with E-state index in [4.69, 9.17) is 16.3 Å². The van der Waals surface area contributed by atoms with Crippen molar-refractivity contribution in [3.8, 4) is 0 Å². The van der Waals surface area contributed by atoms with E-state index in [1.54, 1.807) is 24.3 Å². The summed E-state index contributed by atoms with van der Waals surface area (Å²) in [6, 6.07) is 6.74. The van der Waals surface area contributed by atoms with Gasteiger partial charge in [-0.05, 0) is 25.1 Å². The van der Waals surface area contributed by atoms with Gasteiger partial charge in [-0.15, -0.1) is 0 Å². The van der Waals surface area contributed by atoms with Crippen molar-refractivity contribution in [1.29, 1.82) is 0 Å². The summed E-state index contributed by atoms with van der Waals surface area (Å²) in [7, 11) is 0. The molecule has 1 fully saturated rings. The molecular formula is C16H22ClN3O3. The second-order valence-corrected chi connectivity index (χ2v) is 5.73. The van der Waals surface area contributed by atoms with Crippen LogP contribution in [0.1, 0.15) is 16.8 Å². The molecule has 1 aliphatic heterocycles. The number of nitrogens with zero attached hydrogens (tertiary/aromatic N) is 1. The van der Waals surface area contributed by atoms with Gasteiger partial charge in [-0.25, -0.2) is 0 Å². The molecule has 23 heavy (non-hydrogen) atoms. The normalized spacial score (nSPS) is 15.2. The molecule has 0 unspecified atom stereocenters. The molecule has 7 heteroatoms. The molecule has 0 radical (unpaired) electrons. The number of halogens is 1. The fraction of sp³-hybridized carbons (Fsp3) is 0.500. The van der Waals surface area contributed by atoms with Gasteiger partial charge in [-0.3, -0.25) is 14.5 Å². The van der Waals surface area contributed by atoms with Gasteiger partial charge in [0, 0.05) is 19.6 Å². The third-order valence-electron chi connectivity index (χ3n) is 3.60. The van der Waals surface area contributed by atoms with Gasteiger partial charge < -0.3 is 15.4 Å². The van der Waals surface area contributed by atoms with Crippen LogP contribution in [0.3, 0.4) is 0 Å². The van der Waals surface area contributed by atoms with Gasteiger partial charge in [0.15, 0.2) is 0 Å². The highest BCUT2D eigenvalue weighted by molar-refractivity contribution is 6.33. The number of amides is 2. The van der Waals surface area contributed by atoms with Crippen molar-refractivity contribution >= 4 is 23.4 Å². The molecule has 1 aromatic rings. The van der Waals surface area contributed by atoms with Crippen LogP contribution in [0.2, 0.25) is 5.02 Å². The average molecular weight is 340 g/mol. The van der Waals surface area contributed by atoms with Gasteiger partial charge in [0.2, 0.25) is 5.91 Å². The molecule has 0 spiro atoms. The highest BCUT2D eigenvalue weighted by atomic mass is 35.5. The lowest BCUT2D eigenvalue weighted by atomic mass is 10.2. The molecule has 1 aliphatic rings. The fourth-order valence-corrected chi connectivity index (χ4v) is 2.54. The van der Waals surface area contributed by atoms with E-state index < -0.39 is 0 Å². The third kappa shape index (κ3) is 6.17. The standard InChI is InChI=1S/C16H22ClN3O3/c17-14-5-2-1-4-13(14)16(22)19-12-15(21)18-6-3-7-20-8-10-23-11-9-20/h1-2,4-5H,3,6-12H2,(H,18,21)(H,19,22). The zero-order valence-electron chi connectivity index (χ0n) is 13.0. The molecule has 1 saturated heterocycles. The Bertz CT molecular complexity index is 533. The Hall–Kier alpha value is -1.63. The molecule has 0 aromatic heterocycles. The summed E-state index contributed by atoms with van der Waals surface area (Å²) in [5.41, 5.74) is 0.370. The second kappa shape index (κ2) is 9.50. The largest absolute Gasteiger partial charge is 0.379 e. The molecule has 0 aliphatic carbocycles. The molecule has 126 valence electrons. The van der Waals surface area contributed by atoms with Gasteiger partial charge in [-0.1, -0.05) is 23.7 Å². The first-order valence-corrected chi connectivity index (χ1v) is 8.14. The lowest BCUT2D eigenvalue weighted by Crippen LogP contribution is -2.40. The van der Waals surface area contributed by atoms with Crippen LogP contribution in [0.15, 0.2) is 24.3 Å². The first kappa shape index (κ1) is 17.7. The van der Waals surface area contributed by atoms with E-state index in [2.05, 4.69) is 15.5 Å². The highest BCUT2D eigenvalue weighted by Crippen LogP contribution is 2.14. The molecule has 1 aromatic carbocycles. The zero-order valence-corrected chi connectivity index (χ0v) is 13.8. The zero-order chi connectivity index (χ0) is 16.5. The van der Waals surface area contributed by atoms with Crippen molar-refractivity contribution in [3.05, 3.63) is 34.9 Å². The number of ether oxygens (including phenoxy) is 1. The molecule has 2 N–H and O–H groups in total. The van der Waals surface area contributed by atoms with Gasteiger partial charge in [0.05, 0.1) is 30.3 Å². The van der Waals surface area contributed by atoms with E-state index in [1.165, 1.54) is 0 Å². The first-order chi connectivity index (χ1) is 11.2. The number of hydrogen-bond donors (Lipinski definition) is 2. The Morgan fingerprint density at radius 3 is 2.65 bits per heavy atom. The van der Waals surface area contributed by atoms with Crippen LogP contribution in [0.4, 0.5) is 0 Å². The SMILES string of the molecule is O=C(CNC(=O)c1ccccc1Cl)NCCCN1CCOCC1. The maximum absolute atomic E-state index is 11.9. The third-order valence-corrected chi connectivity index (χ3v) is 3.93. The Labute approximate surface area is 141 Å². The van der Waals surface area contributed by atoms with E-state index in [0.29, 0.717) is 17.1 Å². The van der Waals surface area contributed by atoms with Crippen molar-refractivity contribution in [2.45, 2.75) is 6.42 Å². The molecule has 2 amide bonds. The van der Waals surface area contributed by atoms with E-state index in [1.807, 2.05) is 0 Å². The summed E-state index contributed by atoms with van der Waals surface area (Å²) >= 11 is 5.94. The number of nitrogens with one attached hydrogen (secondary N) is 2. The summed E-state index contributed by atoms with van der Waals surface area (Å²) in [4.78, 5) is 25.9. The maximum atomic E-state index is 11.9. The fourth-order valence-electron chi connectivity index (χ4n) is 2.32. The number of hydrogen-bond acceptors (Lipinski definition) is 4. The number of morpholine rings is 1. The van der Waals surface area contributed by atoms with Crippen LogP contribution in [0.25, 0.3) is 0 Å². The minimum atomic E-state index is -0.348. The summed E-state index contributed by atoms with van der Waals surface area (Å²) in [5, 5.41) is 5.74. The molecule has 2 rings (SSSR count). The minimum Gasteiger partial charge on any atom is -0.379 e. The Morgan fingerprint density at radius 2 is 1.91 bits per heavy atom. The van der Waals surface area contributed by atoms with E-state index in [-0.39, 0.29) is 18.4 Å². The molecular weight excluding hydrogens is 318 g/mol.